The number of nitrogens with zero attached hydrogens (tertiary/aromatic N) is 3. The molecule has 0 atom stereocenters. The zero-order valence-electron chi connectivity index (χ0n) is 19.3. The van der Waals surface area contributed by atoms with Crippen LogP contribution in [-0.2, 0) is 14.8 Å². The molecule has 0 unspecified atom stereocenters. The molecule has 182 valence electrons. The third-order valence-electron chi connectivity index (χ3n) is 7.32. The maximum absolute atomic E-state index is 13.0. The Bertz CT molecular complexity index is 1430. The fraction of sp³-hybridized carbons (Fsp3) is 0.385. The predicted octanol–water partition coefficient (Wildman–Crippen LogP) is 2.46. The van der Waals surface area contributed by atoms with E-state index in [1.807, 2.05) is 36.4 Å². The highest BCUT2D eigenvalue weighted by molar-refractivity contribution is 7.91. The van der Waals surface area contributed by atoms with E-state index in [9.17, 15) is 23.1 Å². The van der Waals surface area contributed by atoms with E-state index in [1.54, 1.807) is 28.1 Å². The molecule has 0 bridgehead atoms. The molecule has 9 heteroatoms. The number of amides is 2. The summed E-state index contributed by atoms with van der Waals surface area (Å²) in [5.41, 5.74) is 1.98. The van der Waals surface area contributed by atoms with Crippen molar-refractivity contribution >= 4 is 32.7 Å². The fourth-order valence-corrected chi connectivity index (χ4v) is 6.50. The van der Waals surface area contributed by atoms with Gasteiger partial charge in [-0.2, -0.15) is 0 Å². The number of benzene rings is 2. The second-order valence-electron chi connectivity index (χ2n) is 9.82. The molecule has 35 heavy (non-hydrogen) atoms. The molecular weight excluding hydrogens is 466 g/mol. The van der Waals surface area contributed by atoms with Crippen molar-refractivity contribution in [3.05, 3.63) is 60.3 Å². The number of aliphatic hydroxyl groups is 1. The molecule has 8 nitrogen and oxygen atoms in total. The third kappa shape index (κ3) is 3.92. The fourth-order valence-electron chi connectivity index (χ4n) is 4.77. The number of piperazine rings is 1. The van der Waals surface area contributed by atoms with Gasteiger partial charge in [0.1, 0.15) is 5.60 Å². The summed E-state index contributed by atoms with van der Waals surface area (Å²) in [4.78, 5) is 28.7. The van der Waals surface area contributed by atoms with Crippen molar-refractivity contribution in [2.24, 2.45) is 0 Å². The Labute approximate surface area is 203 Å². The number of carbonyl (C=O) groups is 2. The van der Waals surface area contributed by atoms with Gasteiger partial charge >= 0.3 is 0 Å². The van der Waals surface area contributed by atoms with Gasteiger partial charge in [-0.05, 0) is 67.1 Å². The van der Waals surface area contributed by atoms with Crippen LogP contribution < -0.4 is 0 Å². The van der Waals surface area contributed by atoms with Gasteiger partial charge in [0.2, 0.25) is 10.0 Å². The van der Waals surface area contributed by atoms with Gasteiger partial charge in [0.15, 0.2) is 0 Å². The lowest BCUT2D eigenvalue weighted by Gasteiger charge is -2.35. The number of fused-ring (bicyclic) bond motifs is 1. The van der Waals surface area contributed by atoms with Crippen molar-refractivity contribution in [1.29, 1.82) is 0 Å². The Kier molecular flexibility index (Phi) is 5.05. The van der Waals surface area contributed by atoms with Crippen LogP contribution in [0, 0.1) is 0 Å². The molecule has 3 aliphatic rings. The summed E-state index contributed by atoms with van der Waals surface area (Å²) < 4.78 is 26.7. The van der Waals surface area contributed by atoms with Crippen LogP contribution >= 0.6 is 0 Å². The van der Waals surface area contributed by atoms with Gasteiger partial charge in [-0.3, -0.25) is 9.59 Å². The van der Waals surface area contributed by atoms with E-state index in [0.29, 0.717) is 50.1 Å². The normalized spacial score (nSPS) is 19.7. The van der Waals surface area contributed by atoms with Crippen molar-refractivity contribution in [3.63, 3.8) is 0 Å². The lowest BCUT2D eigenvalue weighted by atomic mass is 10.0. The minimum Gasteiger partial charge on any atom is -0.380 e. The van der Waals surface area contributed by atoms with E-state index < -0.39 is 15.6 Å². The molecule has 2 heterocycles. The molecule has 1 saturated heterocycles. The van der Waals surface area contributed by atoms with Crippen molar-refractivity contribution in [2.45, 2.75) is 36.5 Å². The van der Waals surface area contributed by atoms with Gasteiger partial charge in [0.05, 0.1) is 10.8 Å². The molecule has 3 fully saturated rings. The van der Waals surface area contributed by atoms with Gasteiger partial charge in [-0.25, -0.2) is 12.4 Å². The van der Waals surface area contributed by atoms with Crippen molar-refractivity contribution in [3.8, 4) is 11.1 Å². The van der Waals surface area contributed by atoms with Crippen molar-refractivity contribution in [2.75, 3.05) is 26.2 Å². The molecule has 2 amide bonds. The van der Waals surface area contributed by atoms with Gasteiger partial charge in [-0.1, -0.05) is 18.2 Å². The first kappa shape index (κ1) is 22.3. The number of rotatable bonds is 5. The molecule has 2 saturated carbocycles. The quantitative estimate of drug-likeness (QED) is 0.589. The first-order valence-electron chi connectivity index (χ1n) is 12.0. The van der Waals surface area contributed by atoms with Gasteiger partial charge in [0, 0.05) is 43.3 Å². The lowest BCUT2D eigenvalue weighted by Crippen LogP contribution is -2.53. The first-order chi connectivity index (χ1) is 16.8. The molecule has 1 aromatic heterocycles. The molecule has 0 spiro atoms. The second kappa shape index (κ2) is 7.93. The summed E-state index contributed by atoms with van der Waals surface area (Å²) >= 11 is 0. The number of hydrogen-bond acceptors (Lipinski definition) is 5. The number of aromatic nitrogens is 1. The van der Waals surface area contributed by atoms with Crippen LogP contribution in [0.4, 0.5) is 0 Å². The zero-order chi connectivity index (χ0) is 24.4. The largest absolute Gasteiger partial charge is 0.380 e. The monoisotopic (exact) mass is 493 g/mol. The zero-order valence-corrected chi connectivity index (χ0v) is 20.1. The first-order valence-corrected chi connectivity index (χ1v) is 13.5. The Hall–Kier alpha value is -3.17. The Morgan fingerprint density at radius 1 is 0.857 bits per heavy atom. The lowest BCUT2D eigenvalue weighted by molar-refractivity contribution is -0.143. The van der Waals surface area contributed by atoms with Crippen LogP contribution in [0.15, 0.2) is 54.7 Å². The average molecular weight is 494 g/mol. The van der Waals surface area contributed by atoms with Gasteiger partial charge in [0.25, 0.3) is 11.8 Å². The summed E-state index contributed by atoms with van der Waals surface area (Å²) in [6, 6.07) is 14.9. The van der Waals surface area contributed by atoms with E-state index in [-0.39, 0.29) is 17.1 Å². The predicted molar refractivity (Wildman–Crippen MR) is 131 cm³/mol. The standard InChI is InChI=1S/C26H27N3O5S/c30-24(27-13-15-28(16-14-27)25(31)26(32)10-11-26)19-3-1-18(2-4-19)20-5-8-23-21(17-20)9-12-29(23)35(33,34)22-6-7-22/h1-5,8-9,12,17,22,32H,6-7,10-11,13-16H2. The molecule has 6 rings (SSSR count). The molecular formula is C26H27N3O5S. The van der Waals surface area contributed by atoms with Crippen LogP contribution in [0.25, 0.3) is 22.0 Å². The SMILES string of the molecule is O=C(c1ccc(-c2ccc3c(ccn3S(=O)(=O)C3CC3)c2)cc1)N1CCN(C(=O)C2(O)CC2)CC1. The smallest absolute Gasteiger partial charge is 0.254 e. The molecule has 1 N–H and O–H groups in total. The van der Waals surface area contributed by atoms with E-state index in [4.69, 9.17) is 0 Å². The number of carbonyl (C=O) groups excluding carboxylic acids is 2. The summed E-state index contributed by atoms with van der Waals surface area (Å²) in [5.74, 6) is -0.294. The van der Waals surface area contributed by atoms with E-state index in [0.717, 1.165) is 29.4 Å². The van der Waals surface area contributed by atoms with Crippen LogP contribution in [0.2, 0.25) is 0 Å². The summed E-state index contributed by atoms with van der Waals surface area (Å²) in [6.07, 6.45) is 4.12. The van der Waals surface area contributed by atoms with E-state index in [1.165, 1.54) is 3.97 Å². The number of hydrogen-bond donors (Lipinski definition) is 1. The Morgan fingerprint density at radius 3 is 2.11 bits per heavy atom. The Morgan fingerprint density at radius 2 is 1.49 bits per heavy atom. The van der Waals surface area contributed by atoms with E-state index >= 15 is 0 Å². The maximum Gasteiger partial charge on any atom is 0.254 e. The van der Waals surface area contributed by atoms with Crippen LogP contribution in [-0.4, -0.2) is 76.1 Å². The Balaban J connectivity index is 1.15. The third-order valence-corrected chi connectivity index (χ3v) is 9.50. The molecule has 2 aliphatic carbocycles. The summed E-state index contributed by atoms with van der Waals surface area (Å²) in [5, 5.41) is 10.6. The highest BCUT2D eigenvalue weighted by Crippen LogP contribution is 2.37. The minimum atomic E-state index is -3.32. The van der Waals surface area contributed by atoms with Crippen LogP contribution in [0.1, 0.15) is 36.0 Å². The van der Waals surface area contributed by atoms with E-state index in [2.05, 4.69) is 0 Å². The average Bonchev–Trinajstić information content (AvgIpc) is 3.81. The van der Waals surface area contributed by atoms with Crippen LogP contribution in [0.5, 0.6) is 0 Å². The summed E-state index contributed by atoms with van der Waals surface area (Å²) in [7, 11) is -3.32. The molecule has 1 aliphatic heterocycles. The highest BCUT2D eigenvalue weighted by atomic mass is 32.2. The molecule has 2 aromatic carbocycles. The van der Waals surface area contributed by atoms with Crippen molar-refractivity contribution < 1.29 is 23.1 Å². The maximum atomic E-state index is 13.0. The molecule has 3 aromatic rings. The topological polar surface area (TPSA) is 99.9 Å². The van der Waals surface area contributed by atoms with Gasteiger partial charge in [-0.15, -0.1) is 0 Å². The summed E-state index contributed by atoms with van der Waals surface area (Å²) in [6.45, 7) is 1.75. The minimum absolute atomic E-state index is 0.0772. The van der Waals surface area contributed by atoms with Crippen LogP contribution in [0.3, 0.4) is 0 Å². The van der Waals surface area contributed by atoms with Gasteiger partial charge < -0.3 is 14.9 Å². The highest BCUT2D eigenvalue weighted by Gasteiger charge is 2.50. The molecule has 0 radical (unpaired) electrons. The second-order valence-corrected chi connectivity index (χ2v) is 11.9. The van der Waals surface area contributed by atoms with Crippen molar-refractivity contribution in [1.82, 2.24) is 13.8 Å².